The van der Waals surface area contributed by atoms with Gasteiger partial charge in [-0.15, -0.1) is 0 Å². The van der Waals surface area contributed by atoms with Crippen molar-refractivity contribution in [1.82, 2.24) is 10.6 Å². The molecule has 2 N–H and O–H groups in total. The third-order valence-corrected chi connectivity index (χ3v) is 3.97. The molecule has 1 aromatic rings. The van der Waals surface area contributed by atoms with Crippen LogP contribution in [0.4, 0.5) is 0 Å². The van der Waals surface area contributed by atoms with E-state index >= 15 is 0 Å². The Morgan fingerprint density at radius 2 is 1.90 bits per heavy atom. The second-order valence-electron chi connectivity index (χ2n) is 5.87. The average molecular weight is 274 g/mol. The van der Waals surface area contributed by atoms with E-state index in [2.05, 4.69) is 41.8 Å². The minimum absolute atomic E-state index is 0.136. The van der Waals surface area contributed by atoms with E-state index in [0.717, 1.165) is 19.3 Å². The van der Waals surface area contributed by atoms with Gasteiger partial charge in [-0.05, 0) is 31.7 Å². The molecule has 0 spiro atoms. The third kappa shape index (κ3) is 5.33. The van der Waals surface area contributed by atoms with Crippen LogP contribution in [0.15, 0.2) is 30.3 Å². The zero-order chi connectivity index (χ0) is 14.2. The third-order valence-electron chi connectivity index (χ3n) is 3.97. The van der Waals surface area contributed by atoms with Gasteiger partial charge in [0, 0.05) is 12.1 Å². The van der Waals surface area contributed by atoms with Crippen LogP contribution >= 0.6 is 0 Å². The number of carbonyl (C=O) groups is 1. The van der Waals surface area contributed by atoms with Crippen molar-refractivity contribution in [2.24, 2.45) is 0 Å². The van der Waals surface area contributed by atoms with Crippen LogP contribution in [0.1, 0.15) is 44.6 Å². The minimum Gasteiger partial charge on any atom is -0.352 e. The van der Waals surface area contributed by atoms with Crippen LogP contribution < -0.4 is 10.6 Å². The van der Waals surface area contributed by atoms with Crippen molar-refractivity contribution >= 4 is 5.91 Å². The van der Waals surface area contributed by atoms with Crippen LogP contribution in [0.5, 0.6) is 0 Å². The topological polar surface area (TPSA) is 41.1 Å². The molecule has 0 saturated heterocycles. The van der Waals surface area contributed by atoms with Crippen molar-refractivity contribution in [3.05, 3.63) is 35.9 Å². The van der Waals surface area contributed by atoms with Crippen LogP contribution in [0.3, 0.4) is 0 Å². The van der Waals surface area contributed by atoms with E-state index in [9.17, 15) is 4.79 Å². The Morgan fingerprint density at radius 1 is 1.20 bits per heavy atom. The number of nitrogens with one attached hydrogen (secondary N) is 2. The van der Waals surface area contributed by atoms with E-state index in [1.54, 1.807) is 0 Å². The molecule has 2 rings (SSSR count). The Labute approximate surface area is 122 Å². The van der Waals surface area contributed by atoms with E-state index in [4.69, 9.17) is 0 Å². The molecule has 1 aliphatic carbocycles. The fourth-order valence-corrected chi connectivity index (χ4v) is 2.83. The summed E-state index contributed by atoms with van der Waals surface area (Å²) < 4.78 is 0. The molecular weight excluding hydrogens is 248 g/mol. The molecule has 20 heavy (non-hydrogen) atoms. The van der Waals surface area contributed by atoms with E-state index in [1.165, 1.54) is 24.8 Å². The van der Waals surface area contributed by atoms with Gasteiger partial charge in [0.1, 0.15) is 0 Å². The van der Waals surface area contributed by atoms with E-state index in [-0.39, 0.29) is 5.91 Å². The maximum absolute atomic E-state index is 11.9. The Balaban J connectivity index is 1.64. The molecule has 0 aromatic heterocycles. The van der Waals surface area contributed by atoms with Crippen LogP contribution in [0.2, 0.25) is 0 Å². The molecule has 1 saturated carbocycles. The summed E-state index contributed by atoms with van der Waals surface area (Å²) in [7, 11) is 0. The van der Waals surface area contributed by atoms with Gasteiger partial charge in [-0.1, -0.05) is 49.6 Å². The van der Waals surface area contributed by atoms with Crippen LogP contribution in [-0.2, 0) is 11.2 Å². The Kier molecular flexibility index (Phi) is 6.06. The van der Waals surface area contributed by atoms with Crippen LogP contribution in [0.25, 0.3) is 0 Å². The highest BCUT2D eigenvalue weighted by atomic mass is 16.1. The molecule has 3 nitrogen and oxygen atoms in total. The van der Waals surface area contributed by atoms with Gasteiger partial charge in [-0.2, -0.15) is 0 Å². The first-order valence-corrected chi connectivity index (χ1v) is 7.80. The highest BCUT2D eigenvalue weighted by Crippen LogP contribution is 2.17. The summed E-state index contributed by atoms with van der Waals surface area (Å²) in [5, 5.41) is 6.45. The largest absolute Gasteiger partial charge is 0.352 e. The number of hydrogen-bond acceptors (Lipinski definition) is 2. The molecule has 1 atom stereocenters. The predicted octanol–water partition coefficient (Wildman–Crippen LogP) is 2.66. The first-order chi connectivity index (χ1) is 9.74. The summed E-state index contributed by atoms with van der Waals surface area (Å²) in [5.41, 5.74) is 1.31. The summed E-state index contributed by atoms with van der Waals surface area (Å²) in [6.07, 6.45) is 7.07. The van der Waals surface area contributed by atoms with E-state index in [0.29, 0.717) is 18.6 Å². The highest BCUT2D eigenvalue weighted by molar-refractivity contribution is 5.78. The van der Waals surface area contributed by atoms with Gasteiger partial charge < -0.3 is 10.6 Å². The lowest BCUT2D eigenvalue weighted by atomic mass is 9.95. The lowest BCUT2D eigenvalue weighted by Crippen LogP contribution is -2.43. The Bertz CT molecular complexity index is 399. The molecule has 0 aliphatic heterocycles. The summed E-state index contributed by atoms with van der Waals surface area (Å²) >= 11 is 0. The Morgan fingerprint density at radius 3 is 2.60 bits per heavy atom. The number of hydrogen-bond donors (Lipinski definition) is 2. The van der Waals surface area contributed by atoms with E-state index in [1.807, 2.05) is 6.07 Å². The zero-order valence-corrected chi connectivity index (χ0v) is 12.4. The standard InChI is InChI=1S/C17H26N2O/c1-14(12-15-8-4-2-5-9-15)18-13-17(20)19-16-10-6-3-7-11-16/h2,4-5,8-9,14,16,18H,3,6-7,10-13H2,1H3,(H,19,20). The molecule has 1 unspecified atom stereocenters. The van der Waals surface area contributed by atoms with Gasteiger partial charge >= 0.3 is 0 Å². The molecule has 1 aromatic carbocycles. The van der Waals surface area contributed by atoms with E-state index < -0.39 is 0 Å². The quantitative estimate of drug-likeness (QED) is 0.837. The van der Waals surface area contributed by atoms with Gasteiger partial charge in [-0.25, -0.2) is 0 Å². The van der Waals surface area contributed by atoms with Crippen molar-refractivity contribution in [1.29, 1.82) is 0 Å². The number of rotatable bonds is 6. The summed E-state index contributed by atoms with van der Waals surface area (Å²) in [6, 6.07) is 11.1. The second-order valence-corrected chi connectivity index (χ2v) is 5.87. The number of benzene rings is 1. The fraction of sp³-hybridized carbons (Fsp3) is 0.588. The monoisotopic (exact) mass is 274 g/mol. The van der Waals surface area contributed by atoms with Gasteiger partial charge in [0.2, 0.25) is 5.91 Å². The smallest absolute Gasteiger partial charge is 0.234 e. The molecule has 3 heteroatoms. The summed E-state index contributed by atoms with van der Waals surface area (Å²) in [5.74, 6) is 0.136. The van der Waals surface area contributed by atoms with Crippen molar-refractivity contribution in [2.45, 2.75) is 57.5 Å². The maximum Gasteiger partial charge on any atom is 0.234 e. The average Bonchev–Trinajstić information content (AvgIpc) is 2.47. The van der Waals surface area contributed by atoms with Gasteiger partial charge in [-0.3, -0.25) is 4.79 Å². The predicted molar refractivity (Wildman–Crippen MR) is 82.6 cm³/mol. The van der Waals surface area contributed by atoms with Gasteiger partial charge in [0.25, 0.3) is 0 Å². The van der Waals surface area contributed by atoms with Crippen molar-refractivity contribution in [3.63, 3.8) is 0 Å². The van der Waals surface area contributed by atoms with Gasteiger partial charge in [0.05, 0.1) is 6.54 Å². The van der Waals surface area contributed by atoms with Crippen molar-refractivity contribution in [3.8, 4) is 0 Å². The molecule has 1 amide bonds. The van der Waals surface area contributed by atoms with Crippen molar-refractivity contribution < 1.29 is 4.79 Å². The fourth-order valence-electron chi connectivity index (χ4n) is 2.83. The number of amides is 1. The van der Waals surface area contributed by atoms with Crippen LogP contribution in [-0.4, -0.2) is 24.5 Å². The maximum atomic E-state index is 11.9. The molecule has 110 valence electrons. The number of carbonyl (C=O) groups excluding carboxylic acids is 1. The van der Waals surface area contributed by atoms with Gasteiger partial charge in [0.15, 0.2) is 0 Å². The minimum atomic E-state index is 0.136. The normalized spacial score (nSPS) is 17.6. The molecule has 0 heterocycles. The summed E-state index contributed by atoms with van der Waals surface area (Å²) in [4.78, 5) is 11.9. The first-order valence-electron chi connectivity index (χ1n) is 7.80. The highest BCUT2D eigenvalue weighted by Gasteiger charge is 2.15. The zero-order valence-electron chi connectivity index (χ0n) is 12.4. The Hall–Kier alpha value is -1.35. The lowest BCUT2D eigenvalue weighted by molar-refractivity contribution is -0.121. The summed E-state index contributed by atoms with van der Waals surface area (Å²) in [6.45, 7) is 2.55. The van der Waals surface area contributed by atoms with Crippen LogP contribution in [0, 0.1) is 0 Å². The molecule has 1 aliphatic rings. The molecule has 0 radical (unpaired) electrons. The lowest BCUT2D eigenvalue weighted by Gasteiger charge is -2.23. The first kappa shape index (κ1) is 15.0. The molecule has 1 fully saturated rings. The molecule has 0 bridgehead atoms. The molecular formula is C17H26N2O. The second kappa shape index (κ2) is 8.05. The van der Waals surface area contributed by atoms with Crippen molar-refractivity contribution in [2.75, 3.05) is 6.54 Å². The SMILES string of the molecule is CC(Cc1ccccc1)NCC(=O)NC1CCCCC1.